The zero-order chi connectivity index (χ0) is 16.3. The average molecular weight is 348 g/mol. The van der Waals surface area contributed by atoms with Crippen LogP contribution in [-0.2, 0) is 35.4 Å². The van der Waals surface area contributed by atoms with Crippen molar-refractivity contribution in [2.75, 3.05) is 6.54 Å². The highest BCUT2D eigenvalue weighted by Crippen LogP contribution is 2.24. The van der Waals surface area contributed by atoms with Crippen LogP contribution in [0.1, 0.15) is 18.9 Å². The van der Waals surface area contributed by atoms with Crippen LogP contribution in [-0.4, -0.2) is 37.1 Å². The number of thiophene rings is 1. The summed E-state index contributed by atoms with van der Waals surface area (Å²) in [6.45, 7) is 1.25. The van der Waals surface area contributed by atoms with Gasteiger partial charge in [0.15, 0.2) is 0 Å². The molecule has 120 valence electrons. The van der Waals surface area contributed by atoms with Crippen LogP contribution in [0.3, 0.4) is 0 Å². The van der Waals surface area contributed by atoms with Gasteiger partial charge in [0, 0.05) is 30.8 Å². The highest BCUT2D eigenvalue weighted by atomic mass is 32.2. The summed E-state index contributed by atoms with van der Waals surface area (Å²) < 4.78 is 32.8. The van der Waals surface area contributed by atoms with Gasteiger partial charge in [-0.1, -0.05) is 0 Å². The number of rotatable bonds is 6. The van der Waals surface area contributed by atoms with Gasteiger partial charge in [-0.3, -0.25) is 14.4 Å². The first-order valence-corrected chi connectivity index (χ1v) is 8.36. The van der Waals surface area contributed by atoms with Gasteiger partial charge in [0.1, 0.15) is 5.75 Å². The molecular weight excluding hydrogens is 336 g/mol. The second-order valence-corrected chi connectivity index (χ2v) is 6.52. The highest BCUT2D eigenvalue weighted by molar-refractivity contribution is 7.85. The van der Waals surface area contributed by atoms with E-state index < -0.39 is 28.1 Å². The second kappa shape index (κ2) is 6.42. The van der Waals surface area contributed by atoms with E-state index in [0.717, 1.165) is 0 Å². The number of β-lactam (4-membered cyclic amide) rings is 1. The Balaban J connectivity index is 1.90. The van der Waals surface area contributed by atoms with E-state index in [4.69, 9.17) is 4.74 Å². The van der Waals surface area contributed by atoms with E-state index in [1.807, 2.05) is 0 Å². The average Bonchev–Trinajstić information content (AvgIpc) is 2.80. The van der Waals surface area contributed by atoms with Crippen molar-refractivity contribution < 1.29 is 31.8 Å². The molecular formula is C11H12N2O7S2. The van der Waals surface area contributed by atoms with E-state index in [9.17, 15) is 22.8 Å². The second-order valence-electron chi connectivity index (χ2n) is 4.31. The third kappa shape index (κ3) is 3.81. The van der Waals surface area contributed by atoms with Gasteiger partial charge in [-0.25, -0.2) is 9.79 Å². The molecule has 1 aliphatic heterocycles. The maximum Gasteiger partial charge on any atom is 0.385 e. The Bertz CT molecular complexity index is 710. The molecule has 0 aromatic carbocycles. The van der Waals surface area contributed by atoms with Crippen molar-refractivity contribution in [3.05, 3.63) is 16.3 Å². The monoisotopic (exact) mass is 348 g/mol. The maximum absolute atomic E-state index is 11.7. The number of amides is 2. The van der Waals surface area contributed by atoms with Crippen LogP contribution >= 0.6 is 11.3 Å². The topological polar surface area (TPSA) is 119 Å². The standard InChI is InChI=1S/C11H12N2O7S2/c1-7(14)19-9-6-21-5-8(9)4-10(15)12-20-22(17,18)13-3-2-11(13)16/h5-6H,2-4H2,1H3,(H,12,15). The number of ether oxygens (including phenoxy) is 1. The molecule has 1 aromatic rings. The largest absolute Gasteiger partial charge is 0.426 e. The normalized spacial score (nSPS) is 14.4. The lowest BCUT2D eigenvalue weighted by Gasteiger charge is -2.27. The van der Waals surface area contributed by atoms with Gasteiger partial charge in [0.05, 0.1) is 6.42 Å². The molecule has 1 aromatic heterocycles. The number of nitrogens with zero attached hydrogens (tertiary/aromatic N) is 1. The molecule has 2 rings (SSSR count). The summed E-state index contributed by atoms with van der Waals surface area (Å²) in [6, 6.07) is 0. The van der Waals surface area contributed by atoms with Crippen LogP contribution in [0.5, 0.6) is 5.75 Å². The lowest BCUT2D eigenvalue weighted by molar-refractivity contribution is -0.135. The number of hydrogen-bond acceptors (Lipinski definition) is 8. The minimum Gasteiger partial charge on any atom is -0.426 e. The van der Waals surface area contributed by atoms with Crippen LogP contribution in [0, 0.1) is 0 Å². The Labute approximate surface area is 130 Å². The molecule has 11 heteroatoms. The summed E-state index contributed by atoms with van der Waals surface area (Å²) in [5.41, 5.74) is 2.17. The van der Waals surface area contributed by atoms with Gasteiger partial charge in [-0.2, -0.15) is 8.42 Å². The fraction of sp³-hybridized carbons (Fsp3) is 0.364. The first-order chi connectivity index (χ1) is 10.3. The Morgan fingerprint density at radius 1 is 1.41 bits per heavy atom. The lowest BCUT2D eigenvalue weighted by Crippen LogP contribution is -2.49. The number of nitrogens with one attached hydrogen (secondary N) is 1. The summed E-state index contributed by atoms with van der Waals surface area (Å²) in [4.78, 5) is 33.6. The zero-order valence-corrected chi connectivity index (χ0v) is 13.0. The summed E-state index contributed by atoms with van der Waals surface area (Å²) in [7, 11) is -4.31. The number of esters is 1. The third-order valence-corrected chi connectivity index (χ3v) is 4.63. The van der Waals surface area contributed by atoms with Crippen LogP contribution < -0.4 is 10.2 Å². The van der Waals surface area contributed by atoms with Gasteiger partial charge in [-0.15, -0.1) is 15.6 Å². The molecule has 1 fully saturated rings. The van der Waals surface area contributed by atoms with E-state index in [0.29, 0.717) is 9.87 Å². The van der Waals surface area contributed by atoms with Gasteiger partial charge in [-0.05, 0) is 5.38 Å². The summed E-state index contributed by atoms with van der Waals surface area (Å²) >= 11 is 1.22. The number of hydrogen-bond donors (Lipinski definition) is 1. The van der Waals surface area contributed by atoms with E-state index in [1.165, 1.54) is 18.3 Å². The molecule has 2 heterocycles. The van der Waals surface area contributed by atoms with Crippen molar-refractivity contribution in [3.63, 3.8) is 0 Å². The van der Waals surface area contributed by atoms with Crippen molar-refractivity contribution in [1.82, 2.24) is 9.79 Å². The SMILES string of the molecule is CC(=O)Oc1cscc1CC(=O)NOS(=O)(=O)N1CCC1=O. The van der Waals surface area contributed by atoms with Crippen LogP contribution in [0.4, 0.5) is 0 Å². The molecule has 0 spiro atoms. The lowest BCUT2D eigenvalue weighted by atomic mass is 10.2. The Morgan fingerprint density at radius 3 is 2.68 bits per heavy atom. The smallest absolute Gasteiger partial charge is 0.385 e. The molecule has 0 saturated carbocycles. The molecule has 0 aliphatic carbocycles. The van der Waals surface area contributed by atoms with E-state index in [2.05, 4.69) is 4.28 Å². The van der Waals surface area contributed by atoms with Gasteiger partial charge in [0.25, 0.3) is 0 Å². The molecule has 9 nitrogen and oxygen atoms in total. The molecule has 0 radical (unpaired) electrons. The molecule has 1 saturated heterocycles. The Morgan fingerprint density at radius 2 is 2.14 bits per heavy atom. The highest BCUT2D eigenvalue weighted by Gasteiger charge is 2.36. The zero-order valence-electron chi connectivity index (χ0n) is 11.4. The molecule has 1 N–H and O–H groups in total. The molecule has 2 amide bonds. The van der Waals surface area contributed by atoms with Crippen molar-refractivity contribution in [1.29, 1.82) is 0 Å². The maximum atomic E-state index is 11.7. The van der Waals surface area contributed by atoms with Crippen molar-refractivity contribution >= 4 is 39.4 Å². The minimum atomic E-state index is -4.31. The molecule has 0 unspecified atom stereocenters. The summed E-state index contributed by atoms with van der Waals surface area (Å²) in [6.07, 6.45) is -0.118. The van der Waals surface area contributed by atoms with Crippen LogP contribution in [0.2, 0.25) is 0 Å². The first-order valence-electron chi connectivity index (χ1n) is 6.06. The van der Waals surface area contributed by atoms with E-state index >= 15 is 0 Å². The van der Waals surface area contributed by atoms with Crippen molar-refractivity contribution in [2.24, 2.45) is 0 Å². The molecule has 1 aliphatic rings. The molecule has 0 atom stereocenters. The van der Waals surface area contributed by atoms with Crippen molar-refractivity contribution in [3.8, 4) is 5.75 Å². The van der Waals surface area contributed by atoms with Crippen molar-refractivity contribution in [2.45, 2.75) is 19.8 Å². The van der Waals surface area contributed by atoms with Crippen LogP contribution in [0.15, 0.2) is 10.8 Å². The van der Waals surface area contributed by atoms with E-state index in [1.54, 1.807) is 16.2 Å². The summed E-state index contributed by atoms with van der Waals surface area (Å²) in [5, 5.41) is 3.13. The van der Waals surface area contributed by atoms with Gasteiger partial charge in [0.2, 0.25) is 11.8 Å². The first kappa shape index (κ1) is 16.4. The van der Waals surface area contributed by atoms with E-state index in [-0.39, 0.29) is 25.1 Å². The predicted octanol–water partition coefficient (Wildman–Crippen LogP) is -0.259. The number of hydroxylamine groups is 1. The number of carbonyl (C=O) groups is 3. The fourth-order valence-electron chi connectivity index (χ4n) is 1.57. The minimum absolute atomic E-state index is 0.0260. The van der Waals surface area contributed by atoms with Crippen LogP contribution in [0.25, 0.3) is 0 Å². The van der Waals surface area contributed by atoms with Gasteiger partial charge < -0.3 is 4.74 Å². The molecule has 0 bridgehead atoms. The Hall–Kier alpha value is -1.98. The van der Waals surface area contributed by atoms with Gasteiger partial charge >= 0.3 is 16.3 Å². The molecule has 22 heavy (non-hydrogen) atoms. The quantitative estimate of drug-likeness (QED) is 0.427. The number of carbonyl (C=O) groups excluding carboxylic acids is 3. The summed E-state index contributed by atoms with van der Waals surface area (Å²) in [5.74, 6) is -1.66. The predicted molar refractivity (Wildman–Crippen MR) is 73.8 cm³/mol. The third-order valence-electron chi connectivity index (χ3n) is 2.64. The fourth-order valence-corrected chi connectivity index (χ4v) is 3.27. The Kier molecular flexibility index (Phi) is 4.78.